The van der Waals surface area contributed by atoms with Gasteiger partial charge >= 0.3 is 12.1 Å². The molecule has 3 rings (SSSR count). The number of carbonyl (C=O) groups excluding carboxylic acids is 1. The fourth-order valence-corrected chi connectivity index (χ4v) is 2.37. The smallest absolute Gasteiger partial charge is 0.440 e. The minimum Gasteiger partial charge on any atom is -0.440 e. The van der Waals surface area contributed by atoms with Crippen molar-refractivity contribution in [3.05, 3.63) is 59.5 Å². The van der Waals surface area contributed by atoms with E-state index in [0.29, 0.717) is 29.0 Å². The second kappa shape index (κ2) is 5.99. The predicted octanol–water partition coefficient (Wildman–Crippen LogP) is 4.23. The first-order valence-corrected chi connectivity index (χ1v) is 7.15. The largest absolute Gasteiger partial charge is 0.471 e. The van der Waals surface area contributed by atoms with Crippen molar-refractivity contribution in [3.63, 3.8) is 0 Å². The van der Waals surface area contributed by atoms with Crippen LogP contribution in [0, 0.1) is 6.92 Å². The number of aromatic nitrogens is 1. The molecule has 3 aromatic rings. The van der Waals surface area contributed by atoms with Gasteiger partial charge in [0.2, 0.25) is 0 Å². The number of amides is 1. The van der Waals surface area contributed by atoms with Gasteiger partial charge in [0.1, 0.15) is 5.52 Å². The zero-order chi connectivity index (χ0) is 17.3. The summed E-state index contributed by atoms with van der Waals surface area (Å²) in [6, 6.07) is 12.3. The molecular formula is C17H13F3N2O2. The molecule has 7 heteroatoms. The minimum absolute atomic E-state index is 0.0295. The van der Waals surface area contributed by atoms with Gasteiger partial charge in [0, 0.05) is 12.1 Å². The van der Waals surface area contributed by atoms with Crippen LogP contribution in [0.25, 0.3) is 11.1 Å². The molecule has 1 amide bonds. The van der Waals surface area contributed by atoms with E-state index in [1.165, 1.54) is 12.1 Å². The first kappa shape index (κ1) is 16.0. The van der Waals surface area contributed by atoms with E-state index in [4.69, 9.17) is 4.42 Å². The maximum atomic E-state index is 12.3. The molecule has 2 aromatic carbocycles. The van der Waals surface area contributed by atoms with E-state index in [9.17, 15) is 18.0 Å². The van der Waals surface area contributed by atoms with Crippen LogP contribution < -0.4 is 5.32 Å². The third-order valence-corrected chi connectivity index (χ3v) is 3.43. The number of benzene rings is 2. The SMILES string of the molecule is Cc1cc(NC(=O)C(F)(F)F)cc2nc(Cc3ccccc3)oc12. The van der Waals surface area contributed by atoms with E-state index in [2.05, 4.69) is 4.98 Å². The van der Waals surface area contributed by atoms with Gasteiger partial charge in [0.25, 0.3) is 0 Å². The highest BCUT2D eigenvalue weighted by Gasteiger charge is 2.38. The average Bonchev–Trinajstić information content (AvgIpc) is 2.90. The molecule has 1 N–H and O–H groups in total. The topological polar surface area (TPSA) is 55.1 Å². The van der Waals surface area contributed by atoms with E-state index in [1.807, 2.05) is 35.6 Å². The summed E-state index contributed by atoms with van der Waals surface area (Å²) in [7, 11) is 0. The third kappa shape index (κ3) is 3.40. The van der Waals surface area contributed by atoms with Crippen molar-refractivity contribution in [2.24, 2.45) is 0 Å². The zero-order valence-corrected chi connectivity index (χ0v) is 12.6. The van der Waals surface area contributed by atoms with Gasteiger partial charge < -0.3 is 9.73 Å². The molecule has 0 fully saturated rings. The molecule has 0 aliphatic carbocycles. The van der Waals surface area contributed by atoms with E-state index in [0.717, 1.165) is 5.56 Å². The monoisotopic (exact) mass is 334 g/mol. The Morgan fingerprint density at radius 1 is 1.21 bits per heavy atom. The normalized spacial score (nSPS) is 11.7. The van der Waals surface area contributed by atoms with Crippen molar-refractivity contribution in [3.8, 4) is 0 Å². The van der Waals surface area contributed by atoms with Gasteiger partial charge in [-0.2, -0.15) is 13.2 Å². The minimum atomic E-state index is -4.94. The first-order chi connectivity index (χ1) is 11.3. The molecule has 0 aliphatic heterocycles. The van der Waals surface area contributed by atoms with Crippen molar-refractivity contribution >= 4 is 22.7 Å². The van der Waals surface area contributed by atoms with Gasteiger partial charge in [-0.25, -0.2) is 4.98 Å². The molecule has 0 spiro atoms. The number of carbonyl (C=O) groups is 1. The van der Waals surface area contributed by atoms with Gasteiger partial charge in [-0.05, 0) is 30.2 Å². The number of nitrogens with one attached hydrogen (secondary N) is 1. The second-order valence-electron chi connectivity index (χ2n) is 5.36. The summed E-state index contributed by atoms with van der Waals surface area (Å²) in [6.07, 6.45) is -4.47. The molecule has 0 unspecified atom stereocenters. The molecule has 0 aliphatic rings. The van der Waals surface area contributed by atoms with Gasteiger partial charge in [-0.15, -0.1) is 0 Å². The second-order valence-corrected chi connectivity index (χ2v) is 5.36. The number of oxazole rings is 1. The van der Waals surface area contributed by atoms with Crippen LogP contribution in [0.1, 0.15) is 17.0 Å². The van der Waals surface area contributed by atoms with Crippen molar-refractivity contribution in [1.29, 1.82) is 0 Å². The molecule has 0 saturated carbocycles. The van der Waals surface area contributed by atoms with Gasteiger partial charge in [0.15, 0.2) is 11.5 Å². The van der Waals surface area contributed by atoms with Gasteiger partial charge in [-0.3, -0.25) is 4.79 Å². The standard InChI is InChI=1S/C17H13F3N2O2/c1-10-7-12(21-16(23)17(18,19)20)9-13-15(10)24-14(22-13)8-11-5-3-2-4-6-11/h2-7,9H,8H2,1H3,(H,21,23). The first-order valence-electron chi connectivity index (χ1n) is 7.15. The van der Waals surface area contributed by atoms with Crippen LogP contribution >= 0.6 is 0 Å². The van der Waals surface area contributed by atoms with Crippen molar-refractivity contribution < 1.29 is 22.4 Å². The molecule has 0 bridgehead atoms. The lowest BCUT2D eigenvalue weighted by molar-refractivity contribution is -0.167. The number of rotatable bonds is 3. The fraction of sp³-hybridized carbons (Fsp3) is 0.176. The van der Waals surface area contributed by atoms with Crippen molar-refractivity contribution in [2.75, 3.05) is 5.32 Å². The maximum absolute atomic E-state index is 12.3. The fourth-order valence-electron chi connectivity index (χ4n) is 2.37. The summed E-state index contributed by atoms with van der Waals surface area (Å²) in [4.78, 5) is 15.3. The van der Waals surface area contributed by atoms with Crippen LogP contribution in [0.3, 0.4) is 0 Å². The van der Waals surface area contributed by atoms with Crippen molar-refractivity contribution in [1.82, 2.24) is 4.98 Å². The lowest BCUT2D eigenvalue weighted by Crippen LogP contribution is -2.29. The number of nitrogens with zero attached hydrogens (tertiary/aromatic N) is 1. The quantitative estimate of drug-likeness (QED) is 0.780. The summed E-state index contributed by atoms with van der Waals surface area (Å²) in [5.41, 5.74) is 2.52. The number of aryl methyl sites for hydroxylation is 1. The Hall–Kier alpha value is -2.83. The Bertz CT molecular complexity index is 886. The summed E-state index contributed by atoms with van der Waals surface area (Å²) in [5, 5.41) is 1.83. The summed E-state index contributed by atoms with van der Waals surface area (Å²) < 4.78 is 42.7. The lowest BCUT2D eigenvalue weighted by Gasteiger charge is -2.08. The molecule has 1 aromatic heterocycles. The van der Waals surface area contributed by atoms with E-state index < -0.39 is 12.1 Å². The van der Waals surface area contributed by atoms with E-state index in [1.54, 1.807) is 6.92 Å². The molecule has 0 atom stereocenters. The van der Waals surface area contributed by atoms with Gasteiger partial charge in [0.05, 0.1) is 0 Å². The molecule has 24 heavy (non-hydrogen) atoms. The molecule has 124 valence electrons. The molecule has 1 heterocycles. The summed E-state index contributed by atoms with van der Waals surface area (Å²) in [5.74, 6) is -1.56. The summed E-state index contributed by atoms with van der Waals surface area (Å²) in [6.45, 7) is 1.68. The average molecular weight is 334 g/mol. The Labute approximate surface area is 135 Å². The van der Waals surface area contributed by atoms with Crippen LogP contribution in [0.2, 0.25) is 0 Å². The van der Waals surface area contributed by atoms with Crippen LogP contribution in [0.15, 0.2) is 46.9 Å². The lowest BCUT2D eigenvalue weighted by atomic mass is 10.1. The van der Waals surface area contributed by atoms with Crippen LogP contribution in [-0.4, -0.2) is 17.1 Å². The van der Waals surface area contributed by atoms with Crippen LogP contribution in [0.5, 0.6) is 0 Å². The number of hydrogen-bond donors (Lipinski definition) is 1. The highest BCUT2D eigenvalue weighted by molar-refractivity contribution is 5.96. The predicted molar refractivity (Wildman–Crippen MR) is 82.7 cm³/mol. The van der Waals surface area contributed by atoms with E-state index in [-0.39, 0.29) is 5.69 Å². The number of alkyl halides is 3. The van der Waals surface area contributed by atoms with Crippen LogP contribution in [-0.2, 0) is 11.2 Å². The highest BCUT2D eigenvalue weighted by atomic mass is 19.4. The molecule has 0 saturated heterocycles. The number of fused-ring (bicyclic) bond motifs is 1. The molecule has 0 radical (unpaired) electrons. The number of hydrogen-bond acceptors (Lipinski definition) is 3. The zero-order valence-electron chi connectivity index (χ0n) is 12.6. The Balaban J connectivity index is 1.89. The Morgan fingerprint density at radius 2 is 1.92 bits per heavy atom. The summed E-state index contributed by atoms with van der Waals surface area (Å²) >= 11 is 0. The van der Waals surface area contributed by atoms with E-state index >= 15 is 0 Å². The third-order valence-electron chi connectivity index (χ3n) is 3.43. The van der Waals surface area contributed by atoms with Gasteiger partial charge in [-0.1, -0.05) is 30.3 Å². The Kier molecular flexibility index (Phi) is 4.01. The van der Waals surface area contributed by atoms with Crippen LogP contribution in [0.4, 0.5) is 18.9 Å². The van der Waals surface area contributed by atoms with Crippen molar-refractivity contribution in [2.45, 2.75) is 19.5 Å². The maximum Gasteiger partial charge on any atom is 0.471 e. The number of halogens is 3. The Morgan fingerprint density at radius 3 is 2.58 bits per heavy atom. The highest BCUT2D eigenvalue weighted by Crippen LogP contribution is 2.26. The molecule has 4 nitrogen and oxygen atoms in total. The molecular weight excluding hydrogens is 321 g/mol. The number of anilines is 1.